The number of aromatic amines is 1. The van der Waals surface area contributed by atoms with E-state index in [4.69, 9.17) is 11.6 Å². The number of aryl methyl sites for hydroxylation is 1. The lowest BCUT2D eigenvalue weighted by Gasteiger charge is -2.22. The van der Waals surface area contributed by atoms with Gasteiger partial charge in [-0.2, -0.15) is 13.2 Å². The molecule has 3 aromatic rings. The molecule has 0 radical (unpaired) electrons. The molecule has 0 bridgehead atoms. The molecule has 136 valence electrons. The molecular formula is C18H13ClF4N2O. The molecule has 0 spiro atoms. The number of amides is 1. The van der Waals surface area contributed by atoms with E-state index in [1.165, 1.54) is 6.07 Å². The van der Waals surface area contributed by atoms with Gasteiger partial charge in [0.05, 0.1) is 0 Å². The highest BCUT2D eigenvalue weighted by molar-refractivity contribution is 6.30. The molecule has 1 aromatic heterocycles. The number of fused-ring (bicyclic) bond motifs is 1. The van der Waals surface area contributed by atoms with Gasteiger partial charge < -0.3 is 10.3 Å². The normalized spacial score (nSPS) is 13.0. The van der Waals surface area contributed by atoms with Crippen molar-refractivity contribution in [1.82, 2.24) is 10.3 Å². The first-order chi connectivity index (χ1) is 12.1. The van der Waals surface area contributed by atoms with E-state index in [9.17, 15) is 22.4 Å². The van der Waals surface area contributed by atoms with E-state index in [-0.39, 0.29) is 10.7 Å². The molecule has 0 aliphatic carbocycles. The second-order valence-electron chi connectivity index (χ2n) is 5.92. The van der Waals surface area contributed by atoms with Gasteiger partial charge in [-0.3, -0.25) is 4.79 Å². The van der Waals surface area contributed by atoms with Crippen LogP contribution in [-0.4, -0.2) is 17.1 Å². The molecule has 1 amide bonds. The summed E-state index contributed by atoms with van der Waals surface area (Å²) in [6, 6.07) is 6.97. The smallest absolute Gasteiger partial charge is 0.351 e. The van der Waals surface area contributed by atoms with Crippen molar-refractivity contribution in [3.8, 4) is 0 Å². The minimum absolute atomic E-state index is 0.0256. The molecule has 0 saturated heterocycles. The fraction of sp³-hybridized carbons (Fsp3) is 0.167. The summed E-state index contributed by atoms with van der Waals surface area (Å²) in [5.74, 6) is -1.88. The number of halogens is 5. The number of hydrogen-bond donors (Lipinski definition) is 2. The molecule has 26 heavy (non-hydrogen) atoms. The fourth-order valence-corrected chi connectivity index (χ4v) is 2.90. The second-order valence-corrected chi connectivity index (χ2v) is 6.36. The van der Waals surface area contributed by atoms with Gasteiger partial charge in [-0.1, -0.05) is 23.7 Å². The summed E-state index contributed by atoms with van der Waals surface area (Å²) in [6.45, 7) is 1.85. The Morgan fingerprint density at radius 3 is 2.54 bits per heavy atom. The molecular weight excluding hydrogens is 372 g/mol. The van der Waals surface area contributed by atoms with Crippen molar-refractivity contribution in [2.45, 2.75) is 19.1 Å². The van der Waals surface area contributed by atoms with Crippen molar-refractivity contribution in [1.29, 1.82) is 0 Å². The summed E-state index contributed by atoms with van der Waals surface area (Å²) in [5, 5.41) is 2.40. The summed E-state index contributed by atoms with van der Waals surface area (Å²) >= 11 is 5.64. The number of alkyl halides is 3. The molecule has 2 aromatic carbocycles. The van der Waals surface area contributed by atoms with Crippen molar-refractivity contribution in [2.24, 2.45) is 0 Å². The molecule has 0 aliphatic heterocycles. The van der Waals surface area contributed by atoms with E-state index in [1.807, 2.05) is 18.3 Å². The van der Waals surface area contributed by atoms with Crippen molar-refractivity contribution in [2.75, 3.05) is 0 Å². The number of benzene rings is 2. The van der Waals surface area contributed by atoms with Crippen LogP contribution in [0.15, 0.2) is 42.5 Å². The average molecular weight is 385 g/mol. The van der Waals surface area contributed by atoms with Gasteiger partial charge in [0.2, 0.25) is 0 Å². The van der Waals surface area contributed by atoms with Crippen molar-refractivity contribution in [3.63, 3.8) is 0 Å². The number of nitrogens with one attached hydrogen (secondary N) is 2. The molecule has 0 aliphatic rings. The minimum Gasteiger partial charge on any atom is -0.351 e. The van der Waals surface area contributed by atoms with E-state index in [1.54, 1.807) is 12.1 Å². The van der Waals surface area contributed by atoms with E-state index in [0.29, 0.717) is 17.0 Å². The summed E-state index contributed by atoms with van der Waals surface area (Å²) in [4.78, 5) is 15.1. The van der Waals surface area contributed by atoms with E-state index in [0.717, 1.165) is 17.7 Å². The minimum atomic E-state index is -4.82. The van der Waals surface area contributed by atoms with Gasteiger partial charge in [-0.15, -0.1) is 0 Å². The fourth-order valence-electron chi connectivity index (χ4n) is 2.67. The van der Waals surface area contributed by atoms with Gasteiger partial charge in [0.15, 0.2) is 6.04 Å². The number of carbonyl (C=O) groups excluding carboxylic acids is 1. The van der Waals surface area contributed by atoms with E-state index in [2.05, 4.69) is 4.98 Å². The molecule has 1 atom stereocenters. The van der Waals surface area contributed by atoms with Crippen molar-refractivity contribution in [3.05, 3.63) is 70.1 Å². The predicted octanol–water partition coefficient (Wildman–Crippen LogP) is 5.30. The lowest BCUT2D eigenvalue weighted by atomic mass is 10.1. The van der Waals surface area contributed by atoms with E-state index < -0.39 is 29.5 Å². The van der Waals surface area contributed by atoms with Crippen LogP contribution in [-0.2, 0) is 0 Å². The quantitative estimate of drug-likeness (QED) is 0.591. The topological polar surface area (TPSA) is 44.9 Å². The largest absolute Gasteiger partial charge is 0.412 e. The number of rotatable bonds is 3. The van der Waals surface area contributed by atoms with Crippen LogP contribution in [0.3, 0.4) is 0 Å². The Hall–Kier alpha value is -2.54. The Labute approximate surface area is 151 Å². The van der Waals surface area contributed by atoms with Gasteiger partial charge in [0.25, 0.3) is 5.91 Å². The molecule has 0 fully saturated rings. The Kier molecular flexibility index (Phi) is 4.66. The number of aromatic nitrogens is 1. The Morgan fingerprint density at radius 1 is 1.15 bits per heavy atom. The maximum absolute atomic E-state index is 13.4. The first kappa shape index (κ1) is 18.3. The zero-order chi connectivity index (χ0) is 19.1. The zero-order valence-corrected chi connectivity index (χ0v) is 14.2. The molecule has 3 nitrogen and oxygen atoms in total. The monoisotopic (exact) mass is 384 g/mol. The number of hydrogen-bond acceptors (Lipinski definition) is 1. The third-order valence-electron chi connectivity index (χ3n) is 3.84. The van der Waals surface area contributed by atoms with Crippen LogP contribution in [0.4, 0.5) is 17.6 Å². The first-order valence-electron chi connectivity index (χ1n) is 7.56. The van der Waals surface area contributed by atoms with Gasteiger partial charge in [-0.25, -0.2) is 4.39 Å². The maximum Gasteiger partial charge on any atom is 0.412 e. The van der Waals surface area contributed by atoms with Gasteiger partial charge >= 0.3 is 6.18 Å². The van der Waals surface area contributed by atoms with Gasteiger partial charge in [-0.05, 0) is 48.4 Å². The summed E-state index contributed by atoms with van der Waals surface area (Å²) in [7, 11) is 0. The lowest BCUT2D eigenvalue weighted by Crippen LogP contribution is -2.38. The first-order valence-corrected chi connectivity index (χ1v) is 7.94. The summed E-state index contributed by atoms with van der Waals surface area (Å²) < 4.78 is 53.7. The lowest BCUT2D eigenvalue weighted by molar-refractivity contribution is -0.155. The SMILES string of the molecule is Cc1ccc2cc(C(=O)NC(c3cc(F)cc(Cl)c3)C(F)(F)F)[nH]c2c1. The van der Waals surface area contributed by atoms with Gasteiger partial charge in [0, 0.05) is 15.9 Å². The standard InChI is InChI=1S/C18H13ClF4N2O/c1-9-2-3-10-7-15(24-14(10)4-9)17(26)25-16(18(21,22)23)11-5-12(19)8-13(20)6-11/h2-8,16,24H,1H3,(H,25,26). The third kappa shape index (κ3) is 3.83. The molecule has 1 unspecified atom stereocenters. The summed E-state index contributed by atoms with van der Waals surface area (Å²) in [6.07, 6.45) is -4.82. The molecule has 1 heterocycles. The average Bonchev–Trinajstić information content (AvgIpc) is 2.93. The highest BCUT2D eigenvalue weighted by Gasteiger charge is 2.42. The number of carbonyl (C=O) groups is 1. The maximum atomic E-state index is 13.4. The van der Waals surface area contributed by atoms with Crippen molar-refractivity contribution < 1.29 is 22.4 Å². The van der Waals surface area contributed by atoms with Crippen LogP contribution >= 0.6 is 11.6 Å². The van der Waals surface area contributed by atoms with Gasteiger partial charge in [0.1, 0.15) is 11.5 Å². The zero-order valence-electron chi connectivity index (χ0n) is 13.4. The van der Waals surface area contributed by atoms with Crippen LogP contribution in [0.2, 0.25) is 5.02 Å². The molecule has 8 heteroatoms. The Bertz CT molecular complexity index is 961. The molecule has 0 saturated carbocycles. The molecule has 2 N–H and O–H groups in total. The van der Waals surface area contributed by atoms with Crippen LogP contribution < -0.4 is 5.32 Å². The Morgan fingerprint density at radius 2 is 1.88 bits per heavy atom. The predicted molar refractivity (Wildman–Crippen MR) is 90.7 cm³/mol. The highest BCUT2D eigenvalue weighted by atomic mass is 35.5. The molecule has 3 rings (SSSR count). The van der Waals surface area contributed by atoms with Crippen LogP contribution in [0, 0.1) is 12.7 Å². The second kappa shape index (κ2) is 6.64. The Balaban J connectivity index is 1.94. The summed E-state index contributed by atoms with van der Waals surface area (Å²) in [5.41, 5.74) is 1.06. The number of H-pyrrole nitrogens is 1. The van der Waals surface area contributed by atoms with E-state index >= 15 is 0 Å². The van der Waals surface area contributed by atoms with Crippen LogP contribution in [0.5, 0.6) is 0 Å². The van der Waals surface area contributed by atoms with Crippen molar-refractivity contribution >= 4 is 28.4 Å². The van der Waals surface area contributed by atoms with Crippen LogP contribution in [0.1, 0.15) is 27.7 Å². The highest BCUT2D eigenvalue weighted by Crippen LogP contribution is 2.34. The third-order valence-corrected chi connectivity index (χ3v) is 4.06. The van der Waals surface area contributed by atoms with Crippen LogP contribution in [0.25, 0.3) is 10.9 Å².